The lowest BCUT2D eigenvalue weighted by Crippen LogP contribution is -2.40. The van der Waals surface area contributed by atoms with Gasteiger partial charge in [-0.25, -0.2) is 4.98 Å². The molecule has 5 nitrogen and oxygen atoms in total. The predicted octanol–water partition coefficient (Wildman–Crippen LogP) is 3.69. The average Bonchev–Trinajstić information content (AvgIpc) is 3.42. The summed E-state index contributed by atoms with van der Waals surface area (Å²) in [6.07, 6.45) is -0.132. The van der Waals surface area contributed by atoms with Crippen LogP contribution >= 0.6 is 0 Å². The van der Waals surface area contributed by atoms with E-state index in [1.807, 2.05) is 13.1 Å². The lowest BCUT2D eigenvalue weighted by Gasteiger charge is -2.34. The summed E-state index contributed by atoms with van der Waals surface area (Å²) in [6.45, 7) is 2.00. The van der Waals surface area contributed by atoms with Crippen molar-refractivity contribution in [3.8, 4) is 11.3 Å². The monoisotopic (exact) mass is 404 g/mol. The Hall–Kier alpha value is -2.77. The van der Waals surface area contributed by atoms with Crippen LogP contribution in [0.3, 0.4) is 0 Å². The quantitative estimate of drug-likeness (QED) is 0.793. The maximum atomic E-state index is 12.9. The highest BCUT2D eigenvalue weighted by Crippen LogP contribution is 2.39. The molecule has 5 rings (SSSR count). The molecule has 2 fully saturated rings. The molecule has 8 heteroatoms. The van der Waals surface area contributed by atoms with Crippen molar-refractivity contribution in [1.29, 1.82) is 0 Å². The third-order valence-electron chi connectivity index (χ3n) is 5.61. The lowest BCUT2D eigenvalue weighted by atomic mass is 10.1. The van der Waals surface area contributed by atoms with Crippen LogP contribution in [-0.4, -0.2) is 43.6 Å². The van der Waals surface area contributed by atoms with E-state index in [9.17, 15) is 18.0 Å². The maximum absolute atomic E-state index is 12.9. The third kappa shape index (κ3) is 4.16. The summed E-state index contributed by atoms with van der Waals surface area (Å²) in [6, 6.07) is 10.1. The lowest BCUT2D eigenvalue weighted by molar-refractivity contribution is -0.137. The molecule has 0 spiro atoms. The molecular weight excluding hydrogens is 381 g/mol. The summed E-state index contributed by atoms with van der Waals surface area (Å²) >= 11 is 0. The van der Waals surface area contributed by atoms with E-state index in [4.69, 9.17) is 0 Å². The third-order valence-corrected chi connectivity index (χ3v) is 5.61. The number of carbonyl (C=O) groups is 1. The van der Waals surface area contributed by atoms with Crippen molar-refractivity contribution in [3.05, 3.63) is 42.0 Å². The summed E-state index contributed by atoms with van der Waals surface area (Å²) in [5.74, 6) is 0.855. The molecule has 1 saturated carbocycles. The number of likely N-dealkylation sites (N-methyl/N-ethyl adjacent to an activating group) is 1. The van der Waals surface area contributed by atoms with E-state index in [1.54, 1.807) is 12.1 Å². The Balaban J connectivity index is 0.000000294. The molecule has 1 aliphatic carbocycles. The minimum atomic E-state index is -4.34. The number of hydrogen-bond donors (Lipinski definition) is 1. The van der Waals surface area contributed by atoms with Gasteiger partial charge in [0.05, 0.1) is 16.9 Å². The van der Waals surface area contributed by atoms with Gasteiger partial charge in [-0.05, 0) is 43.5 Å². The maximum Gasteiger partial charge on any atom is 0.416 e. The molecule has 154 valence electrons. The van der Waals surface area contributed by atoms with Gasteiger partial charge in [0.15, 0.2) is 5.82 Å². The molecule has 1 aromatic heterocycles. The van der Waals surface area contributed by atoms with Gasteiger partial charge in [-0.1, -0.05) is 12.1 Å². The van der Waals surface area contributed by atoms with E-state index in [0.29, 0.717) is 23.3 Å². The first-order valence-electron chi connectivity index (χ1n) is 9.73. The number of nitrogens with zero attached hydrogens (tertiary/aromatic N) is 3. The number of benzene rings is 1. The minimum Gasteiger partial charge on any atom is -0.366 e. The SMILES string of the molecule is CN1c2nc(-c3cccc(C(F)(F)F)c3)ccc2N2CCC1C2.O=CNC1CC1. The second-order valence-electron chi connectivity index (χ2n) is 7.68. The van der Waals surface area contributed by atoms with Crippen LogP contribution in [0.5, 0.6) is 0 Å². The number of rotatable bonds is 3. The number of amides is 1. The molecule has 2 aromatic rings. The van der Waals surface area contributed by atoms with Crippen molar-refractivity contribution in [2.45, 2.75) is 37.5 Å². The fraction of sp³-hybridized carbons (Fsp3) is 0.429. The Morgan fingerprint density at radius 2 is 1.97 bits per heavy atom. The van der Waals surface area contributed by atoms with Crippen molar-refractivity contribution >= 4 is 17.9 Å². The van der Waals surface area contributed by atoms with Gasteiger partial charge in [0, 0.05) is 37.8 Å². The number of alkyl halides is 3. The Morgan fingerprint density at radius 1 is 1.17 bits per heavy atom. The van der Waals surface area contributed by atoms with Gasteiger partial charge >= 0.3 is 6.18 Å². The van der Waals surface area contributed by atoms with Crippen molar-refractivity contribution in [2.75, 3.05) is 29.9 Å². The zero-order chi connectivity index (χ0) is 20.6. The van der Waals surface area contributed by atoms with Gasteiger partial charge in [-0.2, -0.15) is 13.2 Å². The largest absolute Gasteiger partial charge is 0.416 e. The van der Waals surface area contributed by atoms with Crippen molar-refractivity contribution in [3.63, 3.8) is 0 Å². The zero-order valence-corrected chi connectivity index (χ0v) is 16.1. The van der Waals surface area contributed by atoms with Gasteiger partial charge in [0.2, 0.25) is 6.41 Å². The number of pyridine rings is 1. The number of hydrogen-bond acceptors (Lipinski definition) is 4. The van der Waals surface area contributed by atoms with Crippen LogP contribution in [0.4, 0.5) is 24.7 Å². The number of anilines is 2. The summed E-state index contributed by atoms with van der Waals surface area (Å²) < 4.78 is 38.7. The molecule has 1 atom stereocenters. The van der Waals surface area contributed by atoms with E-state index in [-0.39, 0.29) is 0 Å². The molecule has 0 radical (unpaired) electrons. The van der Waals surface area contributed by atoms with E-state index in [2.05, 4.69) is 20.1 Å². The molecule has 1 amide bonds. The second-order valence-corrected chi connectivity index (χ2v) is 7.68. The molecule has 3 heterocycles. The molecule has 3 aliphatic rings. The summed E-state index contributed by atoms with van der Waals surface area (Å²) in [5.41, 5.74) is 1.48. The molecule has 29 heavy (non-hydrogen) atoms. The number of aromatic nitrogens is 1. The highest BCUT2D eigenvalue weighted by molar-refractivity contribution is 5.75. The number of carbonyl (C=O) groups excluding carboxylic acids is 1. The normalized spacial score (nSPS) is 19.9. The van der Waals surface area contributed by atoms with Crippen LogP contribution in [-0.2, 0) is 11.0 Å². The summed E-state index contributed by atoms with van der Waals surface area (Å²) in [7, 11) is 2.01. The van der Waals surface area contributed by atoms with E-state index in [1.165, 1.54) is 18.9 Å². The standard InChI is InChI=1S/C17H16F3N3.C4H7NO/c1-22-13-7-8-23(10-13)15-6-5-14(21-16(15)22)11-3-2-4-12(9-11)17(18,19)20;6-3-5-4-1-2-4/h2-6,9,13H,7-8,10H2,1H3;3-4H,1-2H2,(H,5,6). The van der Waals surface area contributed by atoms with Crippen LogP contribution in [0.2, 0.25) is 0 Å². The first-order valence-corrected chi connectivity index (χ1v) is 9.73. The first-order chi connectivity index (χ1) is 13.9. The smallest absolute Gasteiger partial charge is 0.366 e. The van der Waals surface area contributed by atoms with E-state index >= 15 is 0 Å². The van der Waals surface area contributed by atoms with E-state index in [0.717, 1.165) is 49.6 Å². The molecule has 2 aliphatic heterocycles. The minimum absolute atomic E-state index is 0.437. The number of fused-ring (bicyclic) bond motifs is 4. The van der Waals surface area contributed by atoms with E-state index < -0.39 is 11.7 Å². The fourth-order valence-corrected chi connectivity index (χ4v) is 3.76. The summed E-state index contributed by atoms with van der Waals surface area (Å²) in [5, 5.41) is 2.64. The van der Waals surface area contributed by atoms with Gasteiger partial charge in [0.1, 0.15) is 0 Å². The second kappa shape index (κ2) is 7.57. The van der Waals surface area contributed by atoms with Crippen molar-refractivity contribution in [1.82, 2.24) is 10.3 Å². The Morgan fingerprint density at radius 3 is 2.62 bits per heavy atom. The van der Waals surface area contributed by atoms with Crippen LogP contribution in [0.1, 0.15) is 24.8 Å². The molecule has 1 aromatic carbocycles. The van der Waals surface area contributed by atoms with Crippen LogP contribution < -0.4 is 15.1 Å². The fourth-order valence-electron chi connectivity index (χ4n) is 3.76. The molecule has 1 N–H and O–H groups in total. The van der Waals surface area contributed by atoms with Crippen molar-refractivity contribution < 1.29 is 18.0 Å². The molecule has 1 saturated heterocycles. The van der Waals surface area contributed by atoms with Crippen LogP contribution in [0.15, 0.2) is 36.4 Å². The Labute approximate surface area is 167 Å². The Kier molecular flexibility index (Phi) is 5.10. The van der Waals surface area contributed by atoms with Crippen LogP contribution in [0.25, 0.3) is 11.3 Å². The van der Waals surface area contributed by atoms with Crippen molar-refractivity contribution in [2.24, 2.45) is 0 Å². The highest BCUT2D eigenvalue weighted by atomic mass is 19.4. The van der Waals surface area contributed by atoms with Gasteiger partial charge in [-0.3, -0.25) is 4.79 Å². The number of nitrogens with one attached hydrogen (secondary N) is 1. The first kappa shape index (κ1) is 19.5. The number of halogens is 3. The molecule has 2 bridgehead atoms. The highest BCUT2D eigenvalue weighted by Gasteiger charge is 2.35. The molecule has 1 unspecified atom stereocenters. The predicted molar refractivity (Wildman–Crippen MR) is 106 cm³/mol. The molecular formula is C21H23F3N4O. The van der Waals surface area contributed by atoms with Crippen LogP contribution in [0, 0.1) is 0 Å². The average molecular weight is 404 g/mol. The van der Waals surface area contributed by atoms with Gasteiger partial charge in [0.25, 0.3) is 0 Å². The zero-order valence-electron chi connectivity index (χ0n) is 16.1. The Bertz CT molecular complexity index is 898. The topological polar surface area (TPSA) is 48.5 Å². The summed E-state index contributed by atoms with van der Waals surface area (Å²) in [4.78, 5) is 18.6. The van der Waals surface area contributed by atoms with Gasteiger partial charge in [-0.15, -0.1) is 0 Å². The van der Waals surface area contributed by atoms with Gasteiger partial charge < -0.3 is 15.1 Å².